The van der Waals surface area contributed by atoms with E-state index in [0.717, 1.165) is 18.4 Å². The minimum Gasteiger partial charge on any atom is -0.329 e. The number of nitrogens with two attached hydrogens (primary N) is 1. The van der Waals surface area contributed by atoms with E-state index in [2.05, 4.69) is 18.7 Å². The summed E-state index contributed by atoms with van der Waals surface area (Å²) in [7, 11) is 0. The van der Waals surface area contributed by atoms with Crippen LogP contribution < -0.4 is 5.73 Å². The van der Waals surface area contributed by atoms with Crippen molar-refractivity contribution in [3.05, 3.63) is 0 Å². The largest absolute Gasteiger partial charge is 0.329 e. The van der Waals surface area contributed by atoms with Gasteiger partial charge >= 0.3 is 0 Å². The third-order valence-electron chi connectivity index (χ3n) is 4.38. The second-order valence-corrected chi connectivity index (χ2v) is 5.51. The maximum atomic E-state index is 5.97. The summed E-state index contributed by atoms with van der Waals surface area (Å²) in [5, 5.41) is 0. The molecule has 1 aliphatic carbocycles. The van der Waals surface area contributed by atoms with E-state index in [0.29, 0.717) is 5.54 Å². The number of rotatable bonds is 3. The summed E-state index contributed by atoms with van der Waals surface area (Å²) in [5.74, 6) is 1.81. The van der Waals surface area contributed by atoms with Crippen LogP contribution in [-0.2, 0) is 0 Å². The minimum atomic E-state index is 0.320. The first-order valence-corrected chi connectivity index (χ1v) is 6.12. The Labute approximate surface area is 87.8 Å². The molecule has 2 rings (SSSR count). The third-order valence-corrected chi connectivity index (χ3v) is 4.38. The lowest BCUT2D eigenvalue weighted by Gasteiger charge is -2.44. The van der Waals surface area contributed by atoms with E-state index in [1.54, 1.807) is 0 Å². The van der Waals surface area contributed by atoms with Crippen LogP contribution >= 0.6 is 0 Å². The lowest BCUT2D eigenvalue weighted by molar-refractivity contribution is 0.0544. The van der Waals surface area contributed by atoms with Crippen LogP contribution in [0.5, 0.6) is 0 Å². The Morgan fingerprint density at radius 1 is 1.21 bits per heavy atom. The van der Waals surface area contributed by atoms with E-state index >= 15 is 0 Å². The highest BCUT2D eigenvalue weighted by Gasteiger charge is 2.45. The standard InChI is InChI=1S/C12H24N2/c1-10-5-7-14(8-6-10)12(2,9-13)11-3-4-11/h10-11H,3-9,13H2,1-2H3. The molecule has 1 aliphatic heterocycles. The van der Waals surface area contributed by atoms with Gasteiger partial charge in [-0.25, -0.2) is 0 Å². The molecule has 1 atom stereocenters. The van der Waals surface area contributed by atoms with E-state index < -0.39 is 0 Å². The summed E-state index contributed by atoms with van der Waals surface area (Å²) in [4.78, 5) is 2.66. The Hall–Kier alpha value is -0.0800. The Morgan fingerprint density at radius 3 is 2.21 bits per heavy atom. The molecular formula is C12H24N2. The summed E-state index contributed by atoms with van der Waals surface area (Å²) in [5.41, 5.74) is 6.29. The second kappa shape index (κ2) is 3.82. The molecule has 1 saturated carbocycles. The minimum absolute atomic E-state index is 0.320. The molecular weight excluding hydrogens is 172 g/mol. The van der Waals surface area contributed by atoms with Gasteiger partial charge in [0.05, 0.1) is 0 Å². The Morgan fingerprint density at radius 2 is 1.79 bits per heavy atom. The van der Waals surface area contributed by atoms with Crippen molar-refractivity contribution in [1.82, 2.24) is 4.90 Å². The lowest BCUT2D eigenvalue weighted by atomic mass is 9.89. The predicted octanol–water partition coefficient (Wildman–Crippen LogP) is 1.85. The molecule has 0 bridgehead atoms. The summed E-state index contributed by atoms with van der Waals surface area (Å²) in [6.45, 7) is 8.12. The fourth-order valence-corrected chi connectivity index (χ4v) is 2.78. The molecule has 0 radical (unpaired) electrons. The van der Waals surface area contributed by atoms with Gasteiger partial charge in [0.15, 0.2) is 0 Å². The topological polar surface area (TPSA) is 29.3 Å². The molecule has 1 saturated heterocycles. The molecule has 2 N–H and O–H groups in total. The van der Waals surface area contributed by atoms with Gasteiger partial charge < -0.3 is 5.73 Å². The zero-order valence-electron chi connectivity index (χ0n) is 9.63. The van der Waals surface area contributed by atoms with E-state index in [-0.39, 0.29) is 0 Å². The van der Waals surface area contributed by atoms with Crippen molar-refractivity contribution in [2.24, 2.45) is 17.6 Å². The molecule has 2 fully saturated rings. The highest BCUT2D eigenvalue weighted by molar-refractivity contribution is 5.01. The first kappa shape index (κ1) is 10.4. The van der Waals surface area contributed by atoms with Crippen LogP contribution in [0.15, 0.2) is 0 Å². The highest BCUT2D eigenvalue weighted by atomic mass is 15.2. The maximum absolute atomic E-state index is 5.97. The lowest BCUT2D eigenvalue weighted by Crippen LogP contribution is -2.55. The molecule has 2 aliphatic rings. The molecule has 0 aromatic carbocycles. The average Bonchev–Trinajstić information content (AvgIpc) is 3.01. The van der Waals surface area contributed by atoms with Gasteiger partial charge in [-0.15, -0.1) is 0 Å². The van der Waals surface area contributed by atoms with Gasteiger partial charge in [-0.1, -0.05) is 6.92 Å². The molecule has 0 amide bonds. The van der Waals surface area contributed by atoms with Crippen LogP contribution in [0.2, 0.25) is 0 Å². The van der Waals surface area contributed by atoms with Gasteiger partial charge in [-0.2, -0.15) is 0 Å². The number of hydrogen-bond donors (Lipinski definition) is 1. The molecule has 1 heterocycles. The molecule has 0 aromatic rings. The number of piperidine rings is 1. The first-order valence-electron chi connectivity index (χ1n) is 6.12. The zero-order chi connectivity index (χ0) is 10.2. The van der Waals surface area contributed by atoms with Crippen LogP contribution in [0.25, 0.3) is 0 Å². The monoisotopic (exact) mass is 196 g/mol. The first-order chi connectivity index (χ1) is 6.66. The van der Waals surface area contributed by atoms with E-state index in [9.17, 15) is 0 Å². The SMILES string of the molecule is CC1CCN(C(C)(CN)C2CC2)CC1. The van der Waals surface area contributed by atoms with Crippen molar-refractivity contribution in [1.29, 1.82) is 0 Å². The fourth-order valence-electron chi connectivity index (χ4n) is 2.78. The van der Waals surface area contributed by atoms with Gasteiger partial charge in [0.2, 0.25) is 0 Å². The highest BCUT2D eigenvalue weighted by Crippen LogP contribution is 2.43. The summed E-state index contributed by atoms with van der Waals surface area (Å²) in [6.07, 6.45) is 5.53. The summed E-state index contributed by atoms with van der Waals surface area (Å²) < 4.78 is 0. The Bertz CT molecular complexity index is 192. The van der Waals surface area contributed by atoms with Gasteiger partial charge in [-0.3, -0.25) is 4.90 Å². The summed E-state index contributed by atoms with van der Waals surface area (Å²) in [6, 6.07) is 0. The van der Waals surface area contributed by atoms with Crippen molar-refractivity contribution in [3.63, 3.8) is 0 Å². The van der Waals surface area contributed by atoms with Crippen LogP contribution in [0.1, 0.15) is 39.5 Å². The van der Waals surface area contributed by atoms with E-state index in [1.807, 2.05) is 0 Å². The van der Waals surface area contributed by atoms with Gasteiger partial charge in [0.1, 0.15) is 0 Å². The smallest absolute Gasteiger partial charge is 0.0331 e. The van der Waals surface area contributed by atoms with Crippen molar-refractivity contribution in [2.75, 3.05) is 19.6 Å². The van der Waals surface area contributed by atoms with Gasteiger partial charge in [-0.05, 0) is 57.5 Å². The van der Waals surface area contributed by atoms with Crippen molar-refractivity contribution in [2.45, 2.75) is 45.1 Å². The second-order valence-electron chi connectivity index (χ2n) is 5.51. The van der Waals surface area contributed by atoms with Crippen molar-refractivity contribution >= 4 is 0 Å². The third kappa shape index (κ3) is 1.82. The molecule has 14 heavy (non-hydrogen) atoms. The van der Waals surface area contributed by atoms with Crippen molar-refractivity contribution < 1.29 is 0 Å². The van der Waals surface area contributed by atoms with Crippen LogP contribution in [0.3, 0.4) is 0 Å². The molecule has 2 heteroatoms. The fraction of sp³-hybridized carbons (Fsp3) is 1.00. The zero-order valence-corrected chi connectivity index (χ0v) is 9.63. The number of likely N-dealkylation sites (tertiary alicyclic amines) is 1. The number of hydrogen-bond acceptors (Lipinski definition) is 2. The van der Waals surface area contributed by atoms with Gasteiger partial charge in [0.25, 0.3) is 0 Å². The molecule has 1 unspecified atom stereocenters. The normalized spacial score (nSPS) is 30.2. The Kier molecular flexibility index (Phi) is 2.85. The molecule has 0 spiro atoms. The average molecular weight is 196 g/mol. The van der Waals surface area contributed by atoms with Crippen LogP contribution in [0, 0.1) is 11.8 Å². The van der Waals surface area contributed by atoms with Crippen LogP contribution in [0.4, 0.5) is 0 Å². The Balaban J connectivity index is 1.97. The molecule has 82 valence electrons. The quantitative estimate of drug-likeness (QED) is 0.746. The van der Waals surface area contributed by atoms with E-state index in [1.165, 1.54) is 38.8 Å². The predicted molar refractivity (Wildman–Crippen MR) is 60.2 cm³/mol. The van der Waals surface area contributed by atoms with Crippen LogP contribution in [-0.4, -0.2) is 30.1 Å². The summed E-state index contributed by atoms with van der Waals surface area (Å²) >= 11 is 0. The van der Waals surface area contributed by atoms with Gasteiger partial charge in [0, 0.05) is 12.1 Å². The maximum Gasteiger partial charge on any atom is 0.0331 e. The molecule has 0 aromatic heterocycles. The molecule has 2 nitrogen and oxygen atoms in total. The van der Waals surface area contributed by atoms with E-state index in [4.69, 9.17) is 5.73 Å². The number of nitrogens with zero attached hydrogens (tertiary/aromatic N) is 1. The van der Waals surface area contributed by atoms with Crippen molar-refractivity contribution in [3.8, 4) is 0 Å².